The van der Waals surface area contributed by atoms with E-state index in [1.807, 2.05) is 24.3 Å². The number of nitrogens with one attached hydrogen (secondary N) is 3. The molecule has 0 spiro atoms. The van der Waals surface area contributed by atoms with E-state index in [1.54, 1.807) is 14.1 Å². The highest BCUT2D eigenvalue weighted by molar-refractivity contribution is 5.94. The molecule has 3 N–H and O–H groups in total. The summed E-state index contributed by atoms with van der Waals surface area (Å²) in [5, 5.41) is 9.50. The van der Waals surface area contributed by atoms with Crippen molar-refractivity contribution in [3.05, 3.63) is 35.4 Å². The third-order valence-electron chi connectivity index (χ3n) is 5.11. The summed E-state index contributed by atoms with van der Waals surface area (Å²) in [5.74, 6) is 1.30. The largest absolute Gasteiger partial charge is 0.379 e. The van der Waals surface area contributed by atoms with Gasteiger partial charge in [0.15, 0.2) is 5.96 Å². The molecule has 1 fully saturated rings. The van der Waals surface area contributed by atoms with Crippen molar-refractivity contribution >= 4 is 11.9 Å². The normalized spacial score (nSPS) is 16.7. The number of amides is 1. The number of hydrogen-bond acceptors (Lipinski definition) is 4. The fourth-order valence-corrected chi connectivity index (χ4v) is 3.46. The maximum absolute atomic E-state index is 11.8. The van der Waals surface area contributed by atoms with E-state index in [2.05, 4.69) is 39.7 Å². The van der Waals surface area contributed by atoms with Crippen LogP contribution in [0, 0.1) is 5.92 Å². The van der Waals surface area contributed by atoms with E-state index in [0.29, 0.717) is 17.5 Å². The molecule has 0 aliphatic carbocycles. The lowest BCUT2D eigenvalue weighted by molar-refractivity contribution is 0.00752. The molecular formula is C21H35N5O2. The topological polar surface area (TPSA) is 78.0 Å². The summed E-state index contributed by atoms with van der Waals surface area (Å²) in [6.45, 7) is 9.71. The fourth-order valence-electron chi connectivity index (χ4n) is 3.46. The van der Waals surface area contributed by atoms with Crippen LogP contribution in [0.25, 0.3) is 0 Å². The van der Waals surface area contributed by atoms with E-state index in [0.717, 1.165) is 57.3 Å². The number of rotatable bonds is 8. The number of benzene rings is 1. The molecule has 156 valence electrons. The van der Waals surface area contributed by atoms with Gasteiger partial charge >= 0.3 is 0 Å². The van der Waals surface area contributed by atoms with Gasteiger partial charge in [0, 0.05) is 51.9 Å². The molecule has 2 rings (SSSR count). The Morgan fingerprint density at radius 2 is 2.00 bits per heavy atom. The average Bonchev–Trinajstić information content (AvgIpc) is 2.72. The van der Waals surface area contributed by atoms with Gasteiger partial charge in [0.25, 0.3) is 5.91 Å². The molecule has 7 heteroatoms. The molecule has 7 nitrogen and oxygen atoms in total. The fraction of sp³-hybridized carbons (Fsp3) is 0.619. The Balaban J connectivity index is 1.81. The number of morpholine rings is 1. The minimum absolute atomic E-state index is 0.0601. The van der Waals surface area contributed by atoms with Crippen LogP contribution in [0.5, 0.6) is 0 Å². The lowest BCUT2D eigenvalue weighted by Crippen LogP contribution is -2.52. The Hall–Kier alpha value is -2.12. The quantitative estimate of drug-likeness (QED) is 0.459. The molecule has 0 saturated carbocycles. The van der Waals surface area contributed by atoms with Crippen molar-refractivity contribution in [2.45, 2.75) is 26.3 Å². The predicted molar refractivity (Wildman–Crippen MR) is 114 cm³/mol. The lowest BCUT2D eigenvalue weighted by Gasteiger charge is -2.37. The molecule has 28 heavy (non-hydrogen) atoms. The second-order valence-electron chi connectivity index (χ2n) is 7.37. The van der Waals surface area contributed by atoms with Crippen molar-refractivity contribution in [2.24, 2.45) is 10.9 Å². The summed E-state index contributed by atoms with van der Waals surface area (Å²) in [5.41, 5.74) is 1.81. The number of nitrogens with zero attached hydrogens (tertiary/aromatic N) is 2. The van der Waals surface area contributed by atoms with Gasteiger partial charge in [-0.3, -0.25) is 14.7 Å². The van der Waals surface area contributed by atoms with E-state index in [9.17, 15) is 4.79 Å². The van der Waals surface area contributed by atoms with Crippen molar-refractivity contribution in [1.29, 1.82) is 0 Å². The van der Waals surface area contributed by atoms with Crippen LogP contribution in [-0.2, 0) is 11.2 Å². The zero-order valence-corrected chi connectivity index (χ0v) is 17.6. The Bertz CT molecular complexity index is 641. The first kappa shape index (κ1) is 22.2. The van der Waals surface area contributed by atoms with Crippen LogP contribution in [0.3, 0.4) is 0 Å². The number of ether oxygens (including phenoxy) is 1. The molecule has 0 bridgehead atoms. The van der Waals surface area contributed by atoms with Crippen LogP contribution in [0.2, 0.25) is 0 Å². The van der Waals surface area contributed by atoms with Crippen LogP contribution >= 0.6 is 0 Å². The van der Waals surface area contributed by atoms with Crippen molar-refractivity contribution < 1.29 is 9.53 Å². The molecule has 1 atom stereocenters. The second kappa shape index (κ2) is 11.7. The molecule has 1 aliphatic rings. The summed E-state index contributed by atoms with van der Waals surface area (Å²) in [7, 11) is 3.44. The van der Waals surface area contributed by atoms with Gasteiger partial charge in [0.1, 0.15) is 0 Å². The number of guanidine groups is 1. The van der Waals surface area contributed by atoms with E-state index >= 15 is 0 Å². The molecule has 0 aromatic heterocycles. The standard InChI is InChI=1S/C21H35N5O2/c1-16(2)19(26-10-12-28-13-11-26)15-25-21(23-4)24-9-8-17-6-5-7-18(14-17)20(27)22-3/h5-7,14,16,19H,8-13,15H2,1-4H3,(H,22,27)(H2,23,24,25). The lowest BCUT2D eigenvalue weighted by atomic mass is 10.0. The predicted octanol–water partition coefficient (Wildman–Crippen LogP) is 1.11. The maximum Gasteiger partial charge on any atom is 0.251 e. The number of hydrogen-bond donors (Lipinski definition) is 3. The highest BCUT2D eigenvalue weighted by Crippen LogP contribution is 2.12. The minimum atomic E-state index is -0.0601. The van der Waals surface area contributed by atoms with E-state index in [-0.39, 0.29) is 5.91 Å². The van der Waals surface area contributed by atoms with Gasteiger partial charge in [0.2, 0.25) is 0 Å². The van der Waals surface area contributed by atoms with Gasteiger partial charge in [-0.1, -0.05) is 26.0 Å². The Morgan fingerprint density at radius 1 is 1.25 bits per heavy atom. The van der Waals surface area contributed by atoms with Gasteiger partial charge in [-0.15, -0.1) is 0 Å². The third kappa shape index (κ3) is 6.80. The number of carbonyl (C=O) groups is 1. The van der Waals surface area contributed by atoms with E-state index in [1.165, 1.54) is 0 Å². The molecule has 1 aliphatic heterocycles. The van der Waals surface area contributed by atoms with Gasteiger partial charge in [-0.25, -0.2) is 0 Å². The maximum atomic E-state index is 11.8. The van der Waals surface area contributed by atoms with E-state index in [4.69, 9.17) is 4.74 Å². The Labute approximate surface area is 168 Å². The first-order valence-electron chi connectivity index (χ1n) is 10.1. The smallest absolute Gasteiger partial charge is 0.251 e. The van der Waals surface area contributed by atoms with Crippen molar-refractivity contribution in [2.75, 3.05) is 53.5 Å². The van der Waals surface area contributed by atoms with Crippen LogP contribution in [-0.4, -0.2) is 76.3 Å². The van der Waals surface area contributed by atoms with Crippen LogP contribution in [0.1, 0.15) is 29.8 Å². The minimum Gasteiger partial charge on any atom is -0.379 e. The summed E-state index contributed by atoms with van der Waals surface area (Å²) >= 11 is 0. The molecule has 1 saturated heterocycles. The SMILES string of the molecule is CN=C(NCCc1cccc(C(=O)NC)c1)NCC(C(C)C)N1CCOCC1. The van der Waals surface area contributed by atoms with Crippen molar-refractivity contribution in [3.63, 3.8) is 0 Å². The Kier molecular flexibility index (Phi) is 9.23. The second-order valence-corrected chi connectivity index (χ2v) is 7.37. The summed E-state index contributed by atoms with van der Waals surface area (Å²) in [6.07, 6.45) is 0.822. The molecule has 1 unspecified atom stereocenters. The summed E-state index contributed by atoms with van der Waals surface area (Å²) < 4.78 is 5.48. The van der Waals surface area contributed by atoms with Crippen molar-refractivity contribution in [3.8, 4) is 0 Å². The van der Waals surface area contributed by atoms with E-state index < -0.39 is 0 Å². The molecular weight excluding hydrogens is 354 g/mol. The van der Waals surface area contributed by atoms with Crippen LogP contribution in [0.15, 0.2) is 29.3 Å². The first-order chi connectivity index (χ1) is 13.5. The average molecular weight is 390 g/mol. The van der Waals surface area contributed by atoms with Gasteiger partial charge in [-0.05, 0) is 30.0 Å². The molecule has 1 aromatic rings. The molecule has 1 amide bonds. The highest BCUT2D eigenvalue weighted by atomic mass is 16.5. The molecule has 0 radical (unpaired) electrons. The van der Waals surface area contributed by atoms with Crippen LogP contribution in [0.4, 0.5) is 0 Å². The number of aliphatic imine (C=N–C) groups is 1. The Morgan fingerprint density at radius 3 is 2.64 bits per heavy atom. The van der Waals surface area contributed by atoms with Gasteiger partial charge < -0.3 is 20.7 Å². The molecule has 1 aromatic carbocycles. The zero-order valence-electron chi connectivity index (χ0n) is 17.6. The monoisotopic (exact) mass is 389 g/mol. The third-order valence-corrected chi connectivity index (χ3v) is 5.11. The van der Waals surface area contributed by atoms with Crippen LogP contribution < -0.4 is 16.0 Å². The summed E-state index contributed by atoms with van der Waals surface area (Å²) in [6, 6.07) is 8.17. The van der Waals surface area contributed by atoms with Gasteiger partial charge in [0.05, 0.1) is 13.2 Å². The van der Waals surface area contributed by atoms with Crippen molar-refractivity contribution in [1.82, 2.24) is 20.9 Å². The number of carbonyl (C=O) groups excluding carboxylic acids is 1. The summed E-state index contributed by atoms with van der Waals surface area (Å²) in [4.78, 5) is 18.6. The highest BCUT2D eigenvalue weighted by Gasteiger charge is 2.23. The van der Waals surface area contributed by atoms with Gasteiger partial charge in [-0.2, -0.15) is 0 Å². The zero-order chi connectivity index (χ0) is 20.4. The molecule has 1 heterocycles. The first-order valence-corrected chi connectivity index (χ1v) is 10.1.